The van der Waals surface area contributed by atoms with E-state index >= 15 is 0 Å². The van der Waals surface area contributed by atoms with Crippen LogP contribution < -0.4 is 14.4 Å². The molecule has 0 aliphatic carbocycles. The quantitative estimate of drug-likeness (QED) is 0.555. The number of rotatable bonds is 10. The fourth-order valence-corrected chi connectivity index (χ4v) is 2.97. The number of nitrogens with zero attached hydrogens (tertiary/aromatic N) is 3. The number of hydrogen-bond donors (Lipinski definition) is 0. The third-order valence-electron chi connectivity index (χ3n) is 4.25. The summed E-state index contributed by atoms with van der Waals surface area (Å²) in [6.07, 6.45) is -4.66. The van der Waals surface area contributed by atoms with Crippen molar-refractivity contribution >= 4 is 11.6 Å². The van der Waals surface area contributed by atoms with Crippen LogP contribution in [0.2, 0.25) is 0 Å². The molecule has 0 fully saturated rings. The van der Waals surface area contributed by atoms with Crippen LogP contribution in [0.25, 0.3) is 0 Å². The van der Waals surface area contributed by atoms with E-state index in [0.717, 1.165) is 0 Å². The van der Waals surface area contributed by atoms with Crippen molar-refractivity contribution < 1.29 is 27.4 Å². The summed E-state index contributed by atoms with van der Waals surface area (Å²) in [4.78, 5) is 16.0. The second-order valence-electron chi connectivity index (χ2n) is 6.71. The van der Waals surface area contributed by atoms with Gasteiger partial charge in [-0.3, -0.25) is 9.69 Å². The largest absolute Gasteiger partial charge is 0.573 e. The number of hydrogen-bond acceptors (Lipinski definition) is 5. The molecule has 0 aliphatic rings. The highest BCUT2D eigenvalue weighted by Crippen LogP contribution is 2.27. The molecule has 0 aromatic heterocycles. The van der Waals surface area contributed by atoms with Gasteiger partial charge in [0.2, 0.25) is 5.91 Å². The van der Waals surface area contributed by atoms with Crippen LogP contribution in [-0.4, -0.2) is 43.9 Å². The highest BCUT2D eigenvalue weighted by molar-refractivity contribution is 5.94. The molecule has 0 saturated heterocycles. The fraction of sp³-hybridized carbons (Fsp3) is 0.364. The van der Waals surface area contributed by atoms with Crippen molar-refractivity contribution in [2.45, 2.75) is 26.3 Å². The summed E-state index contributed by atoms with van der Waals surface area (Å²) in [5.74, 6) is 0.0793. The zero-order chi connectivity index (χ0) is 22.9. The number of ether oxygens (including phenoxy) is 2. The topological polar surface area (TPSA) is 65.8 Å². The van der Waals surface area contributed by atoms with E-state index in [1.54, 1.807) is 42.3 Å². The number of alkyl halides is 3. The molecule has 0 bridgehead atoms. The first-order valence-corrected chi connectivity index (χ1v) is 9.66. The molecule has 2 aromatic rings. The van der Waals surface area contributed by atoms with Crippen molar-refractivity contribution in [3.8, 4) is 17.6 Å². The maximum Gasteiger partial charge on any atom is 0.573 e. The zero-order valence-corrected chi connectivity index (χ0v) is 17.4. The van der Waals surface area contributed by atoms with Gasteiger partial charge in [-0.15, -0.1) is 13.2 Å². The van der Waals surface area contributed by atoms with Gasteiger partial charge in [0.05, 0.1) is 25.6 Å². The molecule has 0 aliphatic heterocycles. The third kappa shape index (κ3) is 7.83. The number of nitriles is 1. The molecule has 0 radical (unpaired) electrons. The summed E-state index contributed by atoms with van der Waals surface area (Å²) >= 11 is 0. The molecular weight excluding hydrogens is 411 g/mol. The zero-order valence-electron chi connectivity index (χ0n) is 17.4. The van der Waals surface area contributed by atoms with Crippen LogP contribution in [0, 0.1) is 11.3 Å². The molecule has 6 nitrogen and oxygen atoms in total. The molecule has 0 N–H and O–H groups in total. The minimum absolute atomic E-state index is 0.0566. The van der Waals surface area contributed by atoms with Gasteiger partial charge in [0.1, 0.15) is 11.5 Å². The van der Waals surface area contributed by atoms with Gasteiger partial charge < -0.3 is 14.4 Å². The van der Waals surface area contributed by atoms with Crippen molar-refractivity contribution in [1.82, 2.24) is 4.90 Å². The SMILES string of the molecule is CCOc1ccc(N(CCC#N)C(=O)CN(C)Cc2ccccc2OC(F)(F)F)cc1. The Morgan fingerprint density at radius 1 is 1.13 bits per heavy atom. The van der Waals surface area contributed by atoms with E-state index in [-0.39, 0.29) is 37.7 Å². The van der Waals surface area contributed by atoms with Crippen LogP contribution in [0.4, 0.5) is 18.9 Å². The number of anilines is 1. The minimum Gasteiger partial charge on any atom is -0.494 e. The van der Waals surface area contributed by atoms with Crippen LogP contribution in [-0.2, 0) is 11.3 Å². The van der Waals surface area contributed by atoms with Crippen LogP contribution in [0.5, 0.6) is 11.5 Å². The normalized spacial score (nSPS) is 11.1. The standard InChI is InChI=1S/C22H24F3N3O3/c1-3-30-19-11-9-18(10-12-19)28(14-6-13-26)21(29)16-27(2)15-17-7-4-5-8-20(17)31-22(23,24)25/h4-5,7-12H,3,6,14-16H2,1-2H3. The fourth-order valence-electron chi connectivity index (χ4n) is 2.97. The second-order valence-corrected chi connectivity index (χ2v) is 6.71. The van der Waals surface area contributed by atoms with Crippen molar-refractivity contribution in [2.24, 2.45) is 0 Å². The van der Waals surface area contributed by atoms with Gasteiger partial charge in [-0.2, -0.15) is 5.26 Å². The Morgan fingerprint density at radius 2 is 1.81 bits per heavy atom. The van der Waals surface area contributed by atoms with Crippen LogP contribution in [0.1, 0.15) is 18.9 Å². The summed E-state index contributed by atoms with van der Waals surface area (Å²) in [6, 6.07) is 14.8. The van der Waals surface area contributed by atoms with Crippen LogP contribution in [0.3, 0.4) is 0 Å². The van der Waals surface area contributed by atoms with E-state index in [4.69, 9.17) is 10.00 Å². The minimum atomic E-state index is -4.80. The summed E-state index contributed by atoms with van der Waals surface area (Å²) in [7, 11) is 1.63. The molecule has 0 spiro atoms. The predicted octanol–water partition coefficient (Wildman–Crippen LogP) is 4.36. The molecule has 0 unspecified atom stereocenters. The Bertz CT molecular complexity index is 895. The number of benzene rings is 2. The Hall–Kier alpha value is -3.25. The number of carbonyl (C=O) groups is 1. The Balaban J connectivity index is 2.10. The van der Waals surface area contributed by atoms with E-state index in [1.807, 2.05) is 13.0 Å². The molecule has 2 aromatic carbocycles. The third-order valence-corrected chi connectivity index (χ3v) is 4.25. The predicted molar refractivity (Wildman–Crippen MR) is 110 cm³/mol. The molecule has 9 heteroatoms. The second kappa shape index (κ2) is 11.2. The summed E-state index contributed by atoms with van der Waals surface area (Å²) in [5.41, 5.74) is 0.915. The Morgan fingerprint density at radius 3 is 2.42 bits per heavy atom. The molecule has 166 valence electrons. The first kappa shape index (κ1) is 24.0. The molecule has 0 heterocycles. The number of likely N-dealkylation sites (N-methyl/N-ethyl adjacent to an activating group) is 1. The van der Waals surface area contributed by atoms with E-state index in [0.29, 0.717) is 23.6 Å². The molecule has 2 rings (SSSR count). The van der Waals surface area contributed by atoms with Crippen molar-refractivity contribution in [3.63, 3.8) is 0 Å². The highest BCUT2D eigenvalue weighted by Gasteiger charge is 2.32. The van der Waals surface area contributed by atoms with Crippen molar-refractivity contribution in [2.75, 3.05) is 31.6 Å². The monoisotopic (exact) mass is 435 g/mol. The lowest BCUT2D eigenvalue weighted by molar-refractivity contribution is -0.275. The lowest BCUT2D eigenvalue weighted by atomic mass is 10.2. The number of para-hydroxylation sites is 1. The maximum absolute atomic E-state index is 12.9. The van der Waals surface area contributed by atoms with Gasteiger partial charge in [0.15, 0.2) is 0 Å². The first-order valence-electron chi connectivity index (χ1n) is 9.66. The average Bonchev–Trinajstić information content (AvgIpc) is 2.70. The van der Waals surface area contributed by atoms with Crippen LogP contribution >= 0.6 is 0 Å². The van der Waals surface area contributed by atoms with E-state index in [9.17, 15) is 18.0 Å². The van der Waals surface area contributed by atoms with Crippen LogP contribution in [0.15, 0.2) is 48.5 Å². The van der Waals surface area contributed by atoms with Gasteiger partial charge in [0, 0.05) is 24.3 Å². The summed E-state index contributed by atoms with van der Waals surface area (Å²) in [5, 5.41) is 8.93. The molecule has 0 saturated carbocycles. The molecular formula is C22H24F3N3O3. The van der Waals surface area contributed by atoms with Gasteiger partial charge in [0.25, 0.3) is 0 Å². The first-order chi connectivity index (χ1) is 14.7. The lowest BCUT2D eigenvalue weighted by Gasteiger charge is -2.25. The summed E-state index contributed by atoms with van der Waals surface area (Å²) in [6.45, 7) is 2.60. The highest BCUT2D eigenvalue weighted by atomic mass is 19.4. The number of carbonyl (C=O) groups excluding carboxylic acids is 1. The van der Waals surface area contributed by atoms with Gasteiger partial charge in [-0.1, -0.05) is 18.2 Å². The van der Waals surface area contributed by atoms with Gasteiger partial charge in [-0.05, 0) is 44.3 Å². The van der Waals surface area contributed by atoms with Gasteiger partial charge >= 0.3 is 6.36 Å². The van der Waals surface area contributed by atoms with Crippen molar-refractivity contribution in [1.29, 1.82) is 5.26 Å². The van der Waals surface area contributed by atoms with Gasteiger partial charge in [-0.25, -0.2) is 0 Å². The number of amides is 1. The number of halogens is 3. The Labute approximate surface area is 179 Å². The average molecular weight is 435 g/mol. The maximum atomic E-state index is 12.9. The Kier molecular flexibility index (Phi) is 8.70. The smallest absolute Gasteiger partial charge is 0.494 e. The van der Waals surface area contributed by atoms with E-state index in [2.05, 4.69) is 4.74 Å². The molecule has 0 atom stereocenters. The molecule has 1 amide bonds. The molecule has 31 heavy (non-hydrogen) atoms. The van der Waals surface area contributed by atoms with E-state index in [1.165, 1.54) is 23.1 Å². The summed E-state index contributed by atoms with van der Waals surface area (Å²) < 4.78 is 47.3. The van der Waals surface area contributed by atoms with E-state index < -0.39 is 6.36 Å². The van der Waals surface area contributed by atoms with Crippen molar-refractivity contribution in [3.05, 3.63) is 54.1 Å². The lowest BCUT2D eigenvalue weighted by Crippen LogP contribution is -2.39.